The number of alkyl halides is 3. The highest BCUT2D eigenvalue weighted by Crippen LogP contribution is 2.43. The van der Waals surface area contributed by atoms with Gasteiger partial charge in [0, 0.05) is 0 Å². The maximum absolute atomic E-state index is 12.7. The van der Waals surface area contributed by atoms with Gasteiger partial charge < -0.3 is 10.1 Å². The third kappa shape index (κ3) is 1.94. The van der Waals surface area contributed by atoms with E-state index in [1.165, 1.54) is 12.1 Å². The van der Waals surface area contributed by atoms with Crippen LogP contribution in [-0.4, -0.2) is 11.5 Å². The number of esters is 1. The van der Waals surface area contributed by atoms with E-state index in [-0.39, 0.29) is 5.69 Å². The predicted molar refractivity (Wildman–Crippen MR) is 54.8 cm³/mol. The Balaban J connectivity index is 2.55. The molecule has 1 aliphatic heterocycles. The van der Waals surface area contributed by atoms with Crippen molar-refractivity contribution in [2.45, 2.75) is 25.6 Å². The normalized spacial score (nSPS) is 18.1. The summed E-state index contributed by atoms with van der Waals surface area (Å²) in [5.41, 5.74) is -1.81. The molecule has 0 spiro atoms. The summed E-state index contributed by atoms with van der Waals surface area (Å²) in [4.78, 5) is 11.5. The lowest BCUT2D eigenvalue weighted by Gasteiger charge is -2.32. The van der Waals surface area contributed by atoms with Crippen LogP contribution >= 0.6 is 0 Å². The van der Waals surface area contributed by atoms with Crippen molar-refractivity contribution in [3.63, 3.8) is 0 Å². The Morgan fingerprint density at radius 3 is 2.53 bits per heavy atom. The molecule has 92 valence electrons. The van der Waals surface area contributed by atoms with Gasteiger partial charge in [0.2, 0.25) is 0 Å². The third-order valence-corrected chi connectivity index (χ3v) is 2.47. The molecule has 0 atom stereocenters. The number of carbonyl (C=O) groups is 1. The minimum atomic E-state index is -4.55. The average molecular weight is 245 g/mol. The fourth-order valence-electron chi connectivity index (χ4n) is 1.58. The summed E-state index contributed by atoms with van der Waals surface area (Å²) in [7, 11) is 0. The molecule has 0 aliphatic carbocycles. The van der Waals surface area contributed by atoms with Crippen LogP contribution < -0.4 is 10.1 Å². The Morgan fingerprint density at radius 1 is 1.29 bits per heavy atom. The summed E-state index contributed by atoms with van der Waals surface area (Å²) in [5, 5.41) is 2.72. The molecule has 0 saturated heterocycles. The molecule has 0 bridgehead atoms. The molecule has 1 aromatic rings. The number of nitrogens with one attached hydrogen (secondary N) is 1. The molecule has 2 rings (SSSR count). The molecule has 0 saturated carbocycles. The molecule has 0 unspecified atom stereocenters. The van der Waals surface area contributed by atoms with Crippen molar-refractivity contribution in [1.82, 2.24) is 0 Å². The number of halogens is 3. The maximum atomic E-state index is 12.7. The summed E-state index contributed by atoms with van der Waals surface area (Å²) in [6.07, 6.45) is -4.55. The van der Waals surface area contributed by atoms with Crippen molar-refractivity contribution in [3.8, 4) is 5.75 Å². The van der Waals surface area contributed by atoms with Crippen molar-refractivity contribution in [2.75, 3.05) is 5.32 Å². The number of ether oxygens (including phenoxy) is 1. The second-order valence-electron chi connectivity index (χ2n) is 4.32. The first-order valence-electron chi connectivity index (χ1n) is 4.92. The second-order valence-corrected chi connectivity index (χ2v) is 4.32. The first-order valence-corrected chi connectivity index (χ1v) is 4.92. The smallest absolute Gasteiger partial charge is 0.420 e. The summed E-state index contributed by atoms with van der Waals surface area (Å²) < 4.78 is 42.8. The second kappa shape index (κ2) is 3.38. The Hall–Kier alpha value is -1.72. The van der Waals surface area contributed by atoms with Crippen LogP contribution in [0.5, 0.6) is 5.75 Å². The summed E-state index contributed by atoms with van der Waals surface area (Å²) in [5.74, 6) is -1.19. The Bertz CT molecular complexity index is 480. The predicted octanol–water partition coefficient (Wildman–Crippen LogP) is 2.81. The van der Waals surface area contributed by atoms with E-state index in [9.17, 15) is 18.0 Å². The largest absolute Gasteiger partial charge is 0.422 e. The SMILES string of the molecule is CC1(C)Nc2cccc(C(F)(F)F)c2OC1=O. The quantitative estimate of drug-likeness (QED) is 0.564. The molecular weight excluding hydrogens is 235 g/mol. The Kier molecular flexibility index (Phi) is 2.34. The first kappa shape index (κ1) is 11.8. The number of anilines is 1. The zero-order chi connectivity index (χ0) is 12.8. The molecule has 0 fully saturated rings. The fraction of sp³-hybridized carbons (Fsp3) is 0.364. The van der Waals surface area contributed by atoms with Crippen LogP contribution in [0.4, 0.5) is 18.9 Å². The Labute approximate surface area is 95.6 Å². The van der Waals surface area contributed by atoms with E-state index in [1.54, 1.807) is 13.8 Å². The zero-order valence-corrected chi connectivity index (χ0v) is 9.18. The number of rotatable bonds is 0. The summed E-state index contributed by atoms with van der Waals surface area (Å²) in [6, 6.07) is 3.59. The van der Waals surface area contributed by atoms with Gasteiger partial charge in [-0.25, -0.2) is 4.79 Å². The summed E-state index contributed by atoms with van der Waals surface area (Å²) in [6.45, 7) is 3.08. The molecule has 0 aromatic heterocycles. The van der Waals surface area contributed by atoms with E-state index in [1.807, 2.05) is 0 Å². The molecule has 1 heterocycles. The lowest BCUT2D eigenvalue weighted by Crippen LogP contribution is -2.46. The van der Waals surface area contributed by atoms with Crippen molar-refractivity contribution in [2.24, 2.45) is 0 Å². The van der Waals surface area contributed by atoms with Gasteiger partial charge in [0.15, 0.2) is 5.75 Å². The van der Waals surface area contributed by atoms with Crippen molar-refractivity contribution in [3.05, 3.63) is 23.8 Å². The minimum absolute atomic E-state index is 0.171. The van der Waals surface area contributed by atoms with Gasteiger partial charge in [-0.15, -0.1) is 0 Å². The highest BCUT2D eigenvalue weighted by atomic mass is 19.4. The van der Waals surface area contributed by atoms with Crippen molar-refractivity contribution in [1.29, 1.82) is 0 Å². The molecule has 3 nitrogen and oxygen atoms in total. The maximum Gasteiger partial charge on any atom is 0.420 e. The highest BCUT2D eigenvalue weighted by Gasteiger charge is 2.41. The average Bonchev–Trinajstić information content (AvgIpc) is 2.16. The number of fused-ring (bicyclic) bond motifs is 1. The standard InChI is InChI=1S/C11H10F3NO2/c1-10(2)9(16)17-8-6(11(12,13)14)4-3-5-7(8)15-10/h3-5,15H,1-2H3. The molecule has 1 aromatic carbocycles. The molecular formula is C11H10F3NO2. The molecule has 0 amide bonds. The lowest BCUT2D eigenvalue weighted by atomic mass is 10.0. The van der Waals surface area contributed by atoms with Gasteiger partial charge >= 0.3 is 12.1 Å². The van der Waals surface area contributed by atoms with Gasteiger partial charge in [-0.1, -0.05) is 6.07 Å². The van der Waals surface area contributed by atoms with E-state index in [0.29, 0.717) is 0 Å². The topological polar surface area (TPSA) is 38.3 Å². The van der Waals surface area contributed by atoms with Gasteiger partial charge in [-0.2, -0.15) is 13.2 Å². The number of hydrogen-bond acceptors (Lipinski definition) is 3. The van der Waals surface area contributed by atoms with E-state index in [4.69, 9.17) is 4.74 Å². The molecule has 1 aliphatic rings. The van der Waals surface area contributed by atoms with Crippen LogP contribution in [0.1, 0.15) is 19.4 Å². The zero-order valence-electron chi connectivity index (χ0n) is 9.18. The van der Waals surface area contributed by atoms with E-state index in [2.05, 4.69) is 5.32 Å². The van der Waals surface area contributed by atoms with Gasteiger partial charge in [0.25, 0.3) is 0 Å². The number of para-hydroxylation sites is 1. The first-order chi connectivity index (χ1) is 7.72. The molecule has 17 heavy (non-hydrogen) atoms. The van der Waals surface area contributed by atoms with Gasteiger partial charge in [0.05, 0.1) is 5.69 Å². The van der Waals surface area contributed by atoms with Crippen molar-refractivity contribution >= 4 is 11.7 Å². The van der Waals surface area contributed by atoms with Crippen LogP contribution in [-0.2, 0) is 11.0 Å². The number of benzene rings is 1. The summed E-state index contributed by atoms with van der Waals surface area (Å²) >= 11 is 0. The molecule has 0 radical (unpaired) electrons. The van der Waals surface area contributed by atoms with Crippen LogP contribution in [0.3, 0.4) is 0 Å². The molecule has 6 heteroatoms. The van der Waals surface area contributed by atoms with E-state index >= 15 is 0 Å². The number of hydrogen-bond donors (Lipinski definition) is 1. The minimum Gasteiger partial charge on any atom is -0.422 e. The fourth-order valence-corrected chi connectivity index (χ4v) is 1.58. The molecule has 1 N–H and O–H groups in total. The lowest BCUT2D eigenvalue weighted by molar-refractivity contribution is -0.144. The van der Waals surface area contributed by atoms with Crippen LogP contribution in [0.15, 0.2) is 18.2 Å². The van der Waals surface area contributed by atoms with Crippen LogP contribution in [0.2, 0.25) is 0 Å². The van der Waals surface area contributed by atoms with Crippen LogP contribution in [0, 0.1) is 0 Å². The van der Waals surface area contributed by atoms with E-state index < -0.39 is 29.0 Å². The third-order valence-electron chi connectivity index (χ3n) is 2.47. The Morgan fingerprint density at radius 2 is 1.94 bits per heavy atom. The number of carbonyl (C=O) groups excluding carboxylic acids is 1. The van der Waals surface area contributed by atoms with Crippen molar-refractivity contribution < 1.29 is 22.7 Å². The van der Waals surface area contributed by atoms with Gasteiger partial charge in [-0.05, 0) is 26.0 Å². The van der Waals surface area contributed by atoms with Gasteiger partial charge in [-0.3, -0.25) is 0 Å². The van der Waals surface area contributed by atoms with Crippen LogP contribution in [0.25, 0.3) is 0 Å². The van der Waals surface area contributed by atoms with Gasteiger partial charge in [0.1, 0.15) is 11.1 Å². The highest BCUT2D eigenvalue weighted by molar-refractivity contribution is 5.90. The monoisotopic (exact) mass is 245 g/mol. The van der Waals surface area contributed by atoms with E-state index in [0.717, 1.165) is 6.07 Å².